The van der Waals surface area contributed by atoms with E-state index in [0.29, 0.717) is 23.7 Å². The van der Waals surface area contributed by atoms with Crippen LogP contribution in [0.4, 0.5) is 4.79 Å². The maximum Gasteiger partial charge on any atom is 0.317 e. The van der Waals surface area contributed by atoms with E-state index < -0.39 is 6.10 Å². The van der Waals surface area contributed by atoms with Crippen LogP contribution in [0.3, 0.4) is 0 Å². The van der Waals surface area contributed by atoms with Crippen LogP contribution in [0.25, 0.3) is 11.3 Å². The van der Waals surface area contributed by atoms with E-state index in [1.165, 1.54) is 4.90 Å². The van der Waals surface area contributed by atoms with Gasteiger partial charge in [-0.1, -0.05) is 17.3 Å². The number of methoxy groups -OCH3 is 1. The van der Waals surface area contributed by atoms with Crippen LogP contribution in [-0.4, -0.2) is 59.7 Å². The number of aliphatic hydroxyl groups is 1. The molecule has 0 bridgehead atoms. The number of urea groups is 1. The summed E-state index contributed by atoms with van der Waals surface area (Å²) in [7, 11) is 1.60. The number of amides is 2. The fourth-order valence-corrected chi connectivity index (χ4v) is 3.06. The summed E-state index contributed by atoms with van der Waals surface area (Å²) in [5.74, 6) is 1.22. The van der Waals surface area contributed by atoms with Crippen molar-refractivity contribution in [2.24, 2.45) is 0 Å². The molecule has 8 heteroatoms. The minimum Gasteiger partial charge on any atom is -0.496 e. The molecule has 0 radical (unpaired) electrons. The third-order valence-corrected chi connectivity index (χ3v) is 4.33. The monoisotopic (exact) mass is 375 g/mol. The molecule has 0 unspecified atom stereocenters. The minimum absolute atomic E-state index is 0.00440. The Kier molecular flexibility index (Phi) is 5.98. The molecular weight excluding hydrogens is 350 g/mol. The molecule has 0 saturated carbocycles. The second kappa shape index (κ2) is 8.41. The van der Waals surface area contributed by atoms with E-state index in [0.717, 1.165) is 5.56 Å². The van der Waals surface area contributed by atoms with Gasteiger partial charge in [0, 0.05) is 11.6 Å². The van der Waals surface area contributed by atoms with E-state index in [9.17, 15) is 9.90 Å². The number of aliphatic hydroxyl groups excluding tert-OH is 1. The van der Waals surface area contributed by atoms with Gasteiger partial charge in [-0.2, -0.15) is 0 Å². The Bertz CT molecular complexity index is 776. The molecule has 146 valence electrons. The summed E-state index contributed by atoms with van der Waals surface area (Å²) in [5.41, 5.74) is 1.45. The molecule has 0 spiro atoms. The summed E-state index contributed by atoms with van der Waals surface area (Å²) >= 11 is 0. The molecule has 1 aliphatic heterocycles. The molecule has 1 aromatic heterocycles. The van der Waals surface area contributed by atoms with Crippen LogP contribution in [0, 0.1) is 0 Å². The van der Waals surface area contributed by atoms with E-state index in [4.69, 9.17) is 14.0 Å². The molecule has 1 aliphatic rings. The lowest BCUT2D eigenvalue weighted by Crippen LogP contribution is -2.39. The normalized spacial score (nSPS) is 19.5. The number of para-hydroxylation sites is 1. The second-order valence-corrected chi connectivity index (χ2v) is 6.73. The Morgan fingerprint density at radius 2 is 2.19 bits per heavy atom. The molecule has 2 atom stereocenters. The van der Waals surface area contributed by atoms with Crippen molar-refractivity contribution in [2.45, 2.75) is 38.7 Å². The smallest absolute Gasteiger partial charge is 0.317 e. The van der Waals surface area contributed by atoms with Crippen molar-refractivity contribution in [3.05, 3.63) is 36.1 Å². The first-order valence-corrected chi connectivity index (χ1v) is 8.93. The number of likely N-dealkylation sites (tertiary alicyclic amines) is 1. The third-order valence-electron chi connectivity index (χ3n) is 4.33. The molecular formula is C19H25N3O5. The van der Waals surface area contributed by atoms with Gasteiger partial charge in [-0.25, -0.2) is 4.79 Å². The molecule has 2 heterocycles. The SMILES string of the molecule is COc1ccccc1-c1cc(CNC(=O)N2C[C@H](OC(C)C)[C@@H](O)C2)on1. The molecule has 27 heavy (non-hydrogen) atoms. The zero-order valence-electron chi connectivity index (χ0n) is 15.7. The second-order valence-electron chi connectivity index (χ2n) is 6.73. The number of carbonyl (C=O) groups is 1. The van der Waals surface area contributed by atoms with Crippen molar-refractivity contribution >= 4 is 6.03 Å². The lowest BCUT2D eigenvalue weighted by Gasteiger charge is -2.18. The molecule has 1 saturated heterocycles. The van der Waals surface area contributed by atoms with Gasteiger partial charge in [-0.15, -0.1) is 0 Å². The predicted molar refractivity (Wildman–Crippen MR) is 98.3 cm³/mol. The first-order valence-electron chi connectivity index (χ1n) is 8.93. The van der Waals surface area contributed by atoms with Crippen LogP contribution in [0.1, 0.15) is 19.6 Å². The van der Waals surface area contributed by atoms with E-state index in [-0.39, 0.29) is 31.3 Å². The topological polar surface area (TPSA) is 97.1 Å². The first kappa shape index (κ1) is 19.2. The number of rotatable bonds is 6. The Morgan fingerprint density at radius 3 is 2.93 bits per heavy atom. The molecule has 2 aromatic rings. The van der Waals surface area contributed by atoms with Gasteiger partial charge in [-0.05, 0) is 26.0 Å². The average molecular weight is 375 g/mol. The van der Waals surface area contributed by atoms with Crippen molar-refractivity contribution in [3.63, 3.8) is 0 Å². The van der Waals surface area contributed by atoms with Crippen molar-refractivity contribution < 1.29 is 23.9 Å². The summed E-state index contributed by atoms with van der Waals surface area (Å²) in [5, 5.41) is 16.9. The van der Waals surface area contributed by atoms with Crippen LogP contribution in [0.15, 0.2) is 34.9 Å². The van der Waals surface area contributed by atoms with Gasteiger partial charge >= 0.3 is 6.03 Å². The van der Waals surface area contributed by atoms with Gasteiger partial charge in [0.25, 0.3) is 0 Å². The summed E-state index contributed by atoms with van der Waals surface area (Å²) < 4.78 is 16.3. The first-order chi connectivity index (χ1) is 13.0. The zero-order valence-corrected chi connectivity index (χ0v) is 15.7. The number of nitrogens with zero attached hydrogens (tertiary/aromatic N) is 2. The van der Waals surface area contributed by atoms with Gasteiger partial charge in [0.2, 0.25) is 0 Å². The highest BCUT2D eigenvalue weighted by Crippen LogP contribution is 2.29. The van der Waals surface area contributed by atoms with Gasteiger partial charge in [-0.3, -0.25) is 0 Å². The van der Waals surface area contributed by atoms with Crippen molar-refractivity contribution in [1.29, 1.82) is 0 Å². The zero-order chi connectivity index (χ0) is 19.4. The fourth-order valence-electron chi connectivity index (χ4n) is 3.06. The molecule has 3 rings (SSSR count). The number of hydrogen-bond donors (Lipinski definition) is 2. The molecule has 8 nitrogen and oxygen atoms in total. The summed E-state index contributed by atoms with van der Waals surface area (Å²) in [4.78, 5) is 13.9. The quantitative estimate of drug-likeness (QED) is 0.802. The van der Waals surface area contributed by atoms with Gasteiger partial charge in [0.05, 0.1) is 39.0 Å². The highest BCUT2D eigenvalue weighted by Gasteiger charge is 2.35. The van der Waals surface area contributed by atoms with Crippen LogP contribution < -0.4 is 10.1 Å². The number of hydrogen-bond acceptors (Lipinski definition) is 6. The molecule has 2 amide bonds. The Morgan fingerprint density at radius 1 is 1.41 bits per heavy atom. The van der Waals surface area contributed by atoms with Crippen LogP contribution >= 0.6 is 0 Å². The van der Waals surface area contributed by atoms with Crippen molar-refractivity contribution in [3.8, 4) is 17.0 Å². The number of nitrogens with one attached hydrogen (secondary N) is 1. The summed E-state index contributed by atoms with van der Waals surface area (Å²) in [6.45, 7) is 4.60. The van der Waals surface area contributed by atoms with Gasteiger partial charge in [0.1, 0.15) is 17.5 Å². The maximum atomic E-state index is 12.3. The van der Waals surface area contributed by atoms with E-state index in [1.54, 1.807) is 13.2 Å². The molecule has 0 aliphatic carbocycles. The number of benzene rings is 1. The van der Waals surface area contributed by atoms with Crippen LogP contribution in [0.5, 0.6) is 5.75 Å². The van der Waals surface area contributed by atoms with Crippen LogP contribution in [0.2, 0.25) is 0 Å². The Hall–Kier alpha value is -2.58. The number of ether oxygens (including phenoxy) is 2. The number of carbonyl (C=O) groups excluding carboxylic acids is 1. The highest BCUT2D eigenvalue weighted by atomic mass is 16.5. The maximum absolute atomic E-state index is 12.3. The predicted octanol–water partition coefficient (Wildman–Crippen LogP) is 2.03. The summed E-state index contributed by atoms with van der Waals surface area (Å²) in [6.07, 6.45) is -1.05. The van der Waals surface area contributed by atoms with Crippen molar-refractivity contribution in [1.82, 2.24) is 15.4 Å². The number of β-amino-alcohol motifs (C(OH)–C–C–N with tert-alkyl or cyclic N) is 1. The largest absolute Gasteiger partial charge is 0.496 e. The van der Waals surface area contributed by atoms with E-state index in [2.05, 4.69) is 10.5 Å². The fraction of sp³-hybridized carbons (Fsp3) is 0.474. The lowest BCUT2D eigenvalue weighted by molar-refractivity contribution is -0.0393. The Labute approximate surface area is 158 Å². The van der Waals surface area contributed by atoms with Gasteiger partial charge in [0.15, 0.2) is 5.76 Å². The van der Waals surface area contributed by atoms with Gasteiger partial charge < -0.3 is 29.3 Å². The summed E-state index contributed by atoms with van der Waals surface area (Å²) in [6, 6.07) is 8.99. The number of aromatic nitrogens is 1. The highest BCUT2D eigenvalue weighted by molar-refractivity contribution is 5.74. The van der Waals surface area contributed by atoms with Crippen molar-refractivity contribution in [2.75, 3.05) is 20.2 Å². The average Bonchev–Trinajstić information content (AvgIpc) is 3.26. The lowest BCUT2D eigenvalue weighted by atomic mass is 10.1. The van der Waals surface area contributed by atoms with E-state index >= 15 is 0 Å². The molecule has 1 aromatic carbocycles. The third kappa shape index (κ3) is 4.58. The van der Waals surface area contributed by atoms with E-state index in [1.807, 2.05) is 38.1 Å². The Balaban J connectivity index is 1.57. The molecule has 2 N–H and O–H groups in total. The standard InChI is InChI=1S/C19H25N3O5/c1-12(2)26-18-11-22(10-16(18)23)19(24)20-9-13-8-15(21-27-13)14-6-4-5-7-17(14)25-3/h4-8,12,16,18,23H,9-11H2,1-3H3,(H,20,24)/t16-,18-/m0/s1. The minimum atomic E-state index is -0.680. The molecule has 1 fully saturated rings. The van der Waals surface area contributed by atoms with Crippen LogP contribution in [-0.2, 0) is 11.3 Å².